The summed E-state index contributed by atoms with van der Waals surface area (Å²) in [6, 6.07) is 18.1. The molecular weight excluding hydrogens is 258 g/mol. The summed E-state index contributed by atoms with van der Waals surface area (Å²) in [5.41, 5.74) is 3.16. The van der Waals surface area contributed by atoms with Crippen molar-refractivity contribution in [3.63, 3.8) is 0 Å². The minimum absolute atomic E-state index is 0.123. The summed E-state index contributed by atoms with van der Waals surface area (Å²) < 4.78 is 0. The molecule has 0 aliphatic heterocycles. The van der Waals surface area contributed by atoms with Gasteiger partial charge in [-0.2, -0.15) is 0 Å². The summed E-state index contributed by atoms with van der Waals surface area (Å²) in [4.78, 5) is 14.3. The van der Waals surface area contributed by atoms with Crippen molar-refractivity contribution in [2.24, 2.45) is 5.92 Å². The molecule has 0 N–H and O–H groups in total. The van der Waals surface area contributed by atoms with E-state index in [2.05, 4.69) is 19.9 Å². The zero-order valence-corrected chi connectivity index (χ0v) is 13.0. The number of hydrogen-bond acceptors (Lipinski definition) is 1. The Hall–Kier alpha value is -2.09. The highest BCUT2D eigenvalue weighted by atomic mass is 16.2. The van der Waals surface area contributed by atoms with Gasteiger partial charge in [-0.25, -0.2) is 0 Å². The molecule has 2 nitrogen and oxygen atoms in total. The Kier molecular flexibility index (Phi) is 5.15. The minimum atomic E-state index is 0.123. The van der Waals surface area contributed by atoms with Crippen LogP contribution in [-0.2, 0) is 11.2 Å². The Balaban J connectivity index is 2.50. The number of hydrogen-bond donors (Lipinski definition) is 0. The van der Waals surface area contributed by atoms with Gasteiger partial charge in [-0.3, -0.25) is 9.69 Å². The third kappa shape index (κ3) is 3.72. The second-order valence-electron chi connectivity index (χ2n) is 5.64. The molecule has 1 amide bonds. The van der Waals surface area contributed by atoms with Crippen LogP contribution in [0.25, 0.3) is 0 Å². The van der Waals surface area contributed by atoms with Crippen LogP contribution in [0.15, 0.2) is 54.6 Å². The fourth-order valence-corrected chi connectivity index (χ4v) is 2.49. The molecule has 21 heavy (non-hydrogen) atoms. The molecule has 0 saturated heterocycles. The van der Waals surface area contributed by atoms with Gasteiger partial charge in [-0.1, -0.05) is 57.2 Å². The highest BCUT2D eigenvalue weighted by molar-refractivity contribution is 6.01. The molecule has 0 atom stereocenters. The lowest BCUT2D eigenvalue weighted by atomic mass is 10.00. The second kappa shape index (κ2) is 7.07. The predicted molar refractivity (Wildman–Crippen MR) is 88.9 cm³/mol. The molecule has 2 rings (SSSR count). The van der Waals surface area contributed by atoms with Gasteiger partial charge in [0.25, 0.3) is 0 Å². The van der Waals surface area contributed by atoms with Gasteiger partial charge in [0.2, 0.25) is 5.91 Å². The first-order valence-electron chi connectivity index (χ1n) is 7.59. The fourth-order valence-electron chi connectivity index (χ4n) is 2.49. The first-order chi connectivity index (χ1) is 10.1. The maximum Gasteiger partial charge on any atom is 0.231 e. The van der Waals surface area contributed by atoms with Crippen LogP contribution in [0.5, 0.6) is 0 Å². The molecule has 0 heterocycles. The van der Waals surface area contributed by atoms with Gasteiger partial charge in [0.15, 0.2) is 0 Å². The van der Waals surface area contributed by atoms with Crippen molar-refractivity contribution in [2.75, 3.05) is 4.90 Å². The molecule has 0 unspecified atom stereocenters. The van der Waals surface area contributed by atoms with E-state index in [4.69, 9.17) is 0 Å². The average molecular weight is 281 g/mol. The number of benzene rings is 2. The SMILES string of the molecule is CCC(=O)N(c1ccccc1)c1ccccc1CC(C)C. The molecular formula is C19H23NO. The van der Waals surface area contributed by atoms with Gasteiger partial charge in [0.05, 0.1) is 5.69 Å². The summed E-state index contributed by atoms with van der Waals surface area (Å²) >= 11 is 0. The normalized spacial score (nSPS) is 10.7. The number of anilines is 2. The van der Waals surface area contributed by atoms with Crippen LogP contribution in [-0.4, -0.2) is 5.91 Å². The van der Waals surface area contributed by atoms with Crippen LogP contribution in [0.1, 0.15) is 32.8 Å². The van der Waals surface area contributed by atoms with Crippen molar-refractivity contribution in [1.82, 2.24) is 0 Å². The van der Waals surface area contributed by atoms with E-state index in [9.17, 15) is 4.79 Å². The number of para-hydroxylation sites is 2. The van der Waals surface area contributed by atoms with Crippen molar-refractivity contribution < 1.29 is 4.79 Å². The Morgan fingerprint density at radius 1 is 1.00 bits per heavy atom. The first-order valence-corrected chi connectivity index (χ1v) is 7.59. The third-order valence-electron chi connectivity index (χ3n) is 3.43. The van der Waals surface area contributed by atoms with Crippen LogP contribution >= 0.6 is 0 Å². The van der Waals surface area contributed by atoms with Gasteiger partial charge in [0.1, 0.15) is 0 Å². The minimum Gasteiger partial charge on any atom is -0.281 e. The Labute approximate surface area is 127 Å². The number of amides is 1. The smallest absolute Gasteiger partial charge is 0.231 e. The van der Waals surface area contributed by atoms with Gasteiger partial charge in [0, 0.05) is 12.1 Å². The van der Waals surface area contributed by atoms with Gasteiger partial charge in [-0.05, 0) is 36.1 Å². The zero-order valence-electron chi connectivity index (χ0n) is 13.0. The number of carbonyl (C=O) groups excluding carboxylic acids is 1. The van der Waals surface area contributed by atoms with Crippen molar-refractivity contribution in [3.8, 4) is 0 Å². The lowest BCUT2D eigenvalue weighted by molar-refractivity contribution is -0.117. The molecule has 0 bridgehead atoms. The topological polar surface area (TPSA) is 20.3 Å². The standard InChI is InChI=1S/C19H23NO/c1-4-19(21)20(17-11-6-5-7-12-17)18-13-9-8-10-16(18)14-15(2)3/h5-13,15H,4,14H2,1-3H3. The molecule has 2 aromatic rings. The Bertz CT molecular complexity index is 590. The molecule has 0 aliphatic rings. The third-order valence-corrected chi connectivity index (χ3v) is 3.43. The maximum absolute atomic E-state index is 12.5. The Morgan fingerprint density at radius 3 is 2.24 bits per heavy atom. The molecule has 0 spiro atoms. The van der Waals surface area contributed by atoms with E-state index in [1.165, 1.54) is 5.56 Å². The van der Waals surface area contributed by atoms with E-state index < -0.39 is 0 Å². The van der Waals surface area contributed by atoms with Gasteiger partial charge < -0.3 is 0 Å². The number of carbonyl (C=O) groups is 1. The summed E-state index contributed by atoms with van der Waals surface area (Å²) in [6.45, 7) is 6.31. The molecule has 0 saturated carbocycles. The molecule has 2 aromatic carbocycles. The lowest BCUT2D eigenvalue weighted by Crippen LogP contribution is -2.26. The number of rotatable bonds is 5. The van der Waals surface area contributed by atoms with E-state index >= 15 is 0 Å². The largest absolute Gasteiger partial charge is 0.281 e. The maximum atomic E-state index is 12.5. The first kappa shape index (κ1) is 15.3. The van der Waals surface area contributed by atoms with E-state index in [1.807, 2.05) is 60.4 Å². The van der Waals surface area contributed by atoms with Crippen molar-refractivity contribution in [2.45, 2.75) is 33.6 Å². The van der Waals surface area contributed by atoms with Crippen molar-refractivity contribution in [3.05, 3.63) is 60.2 Å². The van der Waals surface area contributed by atoms with E-state index in [0.717, 1.165) is 17.8 Å². The summed E-state index contributed by atoms with van der Waals surface area (Å²) in [6.07, 6.45) is 1.46. The summed E-state index contributed by atoms with van der Waals surface area (Å²) in [5.74, 6) is 0.679. The fraction of sp³-hybridized carbons (Fsp3) is 0.316. The van der Waals surface area contributed by atoms with Gasteiger partial charge >= 0.3 is 0 Å². The average Bonchev–Trinajstić information content (AvgIpc) is 2.49. The molecule has 2 heteroatoms. The lowest BCUT2D eigenvalue weighted by Gasteiger charge is -2.25. The monoisotopic (exact) mass is 281 g/mol. The summed E-state index contributed by atoms with van der Waals surface area (Å²) in [7, 11) is 0. The number of nitrogens with zero attached hydrogens (tertiary/aromatic N) is 1. The van der Waals surface area contributed by atoms with Crippen LogP contribution in [0.4, 0.5) is 11.4 Å². The van der Waals surface area contributed by atoms with Crippen molar-refractivity contribution >= 4 is 17.3 Å². The second-order valence-corrected chi connectivity index (χ2v) is 5.64. The van der Waals surface area contributed by atoms with Crippen LogP contribution in [0.2, 0.25) is 0 Å². The Morgan fingerprint density at radius 2 is 1.62 bits per heavy atom. The highest BCUT2D eigenvalue weighted by Gasteiger charge is 2.19. The zero-order chi connectivity index (χ0) is 15.2. The molecule has 0 aliphatic carbocycles. The van der Waals surface area contributed by atoms with E-state index in [-0.39, 0.29) is 5.91 Å². The molecule has 0 radical (unpaired) electrons. The van der Waals surface area contributed by atoms with Crippen LogP contribution < -0.4 is 4.90 Å². The van der Waals surface area contributed by atoms with Gasteiger partial charge in [-0.15, -0.1) is 0 Å². The van der Waals surface area contributed by atoms with Crippen molar-refractivity contribution in [1.29, 1.82) is 0 Å². The molecule has 110 valence electrons. The van der Waals surface area contributed by atoms with Crippen LogP contribution in [0, 0.1) is 5.92 Å². The quantitative estimate of drug-likeness (QED) is 0.758. The molecule has 0 aromatic heterocycles. The summed E-state index contributed by atoms with van der Waals surface area (Å²) in [5, 5.41) is 0. The van der Waals surface area contributed by atoms with Crippen LogP contribution in [0.3, 0.4) is 0 Å². The van der Waals surface area contributed by atoms with E-state index in [0.29, 0.717) is 12.3 Å². The molecule has 0 fully saturated rings. The predicted octanol–water partition coefficient (Wildman–Crippen LogP) is 4.96. The highest BCUT2D eigenvalue weighted by Crippen LogP contribution is 2.30. The van der Waals surface area contributed by atoms with E-state index in [1.54, 1.807) is 0 Å².